The van der Waals surface area contributed by atoms with E-state index in [1.54, 1.807) is 0 Å². The first-order chi connectivity index (χ1) is 9.33. The highest BCUT2D eigenvalue weighted by molar-refractivity contribution is 5.08. The summed E-state index contributed by atoms with van der Waals surface area (Å²) in [6.07, 6.45) is 10.9. The Morgan fingerprint density at radius 1 is 1.11 bits per heavy atom. The molecule has 2 aliphatic rings. The van der Waals surface area contributed by atoms with Crippen LogP contribution < -0.4 is 5.32 Å². The van der Waals surface area contributed by atoms with Crippen LogP contribution in [0.3, 0.4) is 0 Å². The molecule has 0 radical (unpaired) electrons. The first-order valence-electron chi connectivity index (χ1n) is 8.20. The van der Waals surface area contributed by atoms with Gasteiger partial charge in [0.15, 0.2) is 0 Å². The van der Waals surface area contributed by atoms with Crippen molar-refractivity contribution < 1.29 is 9.47 Å². The van der Waals surface area contributed by atoms with E-state index >= 15 is 0 Å². The van der Waals surface area contributed by atoms with E-state index in [0.29, 0.717) is 17.6 Å². The van der Waals surface area contributed by atoms with E-state index in [9.17, 15) is 0 Å². The van der Waals surface area contributed by atoms with Crippen LogP contribution in [0.4, 0.5) is 0 Å². The van der Waals surface area contributed by atoms with Gasteiger partial charge in [-0.25, -0.2) is 0 Å². The summed E-state index contributed by atoms with van der Waals surface area (Å²) in [6.45, 7) is 4.61. The summed E-state index contributed by atoms with van der Waals surface area (Å²) in [5.74, 6) is 0. The van der Waals surface area contributed by atoms with E-state index in [1.807, 2.05) is 0 Å². The van der Waals surface area contributed by atoms with Crippen LogP contribution in [-0.2, 0) is 9.47 Å². The number of rotatable bonds is 8. The molecule has 3 nitrogen and oxygen atoms in total. The van der Waals surface area contributed by atoms with Crippen molar-refractivity contribution in [3.05, 3.63) is 0 Å². The molecule has 1 spiro atoms. The van der Waals surface area contributed by atoms with Crippen LogP contribution in [0.25, 0.3) is 0 Å². The van der Waals surface area contributed by atoms with E-state index in [1.165, 1.54) is 44.9 Å². The largest absolute Gasteiger partial charge is 0.379 e. The molecule has 0 aromatic carbocycles. The molecule has 1 N–H and O–H groups in total. The van der Waals surface area contributed by atoms with E-state index in [4.69, 9.17) is 9.47 Å². The Hall–Kier alpha value is -0.120. The second kappa shape index (κ2) is 7.61. The number of nitrogens with one attached hydrogen (secondary N) is 1. The topological polar surface area (TPSA) is 30.5 Å². The summed E-state index contributed by atoms with van der Waals surface area (Å²) in [5.41, 5.74) is 0.441. The smallest absolute Gasteiger partial charge is 0.0704 e. The standard InChI is InChI=1S/C16H31NO2/c1-3-4-10-18-11-12-19-15-13-14(17-2)16(15)8-6-5-7-9-16/h14-15,17H,3-13H2,1-2H3. The molecule has 2 aliphatic carbocycles. The second-order valence-electron chi connectivity index (χ2n) is 6.20. The third-order valence-corrected chi connectivity index (χ3v) is 5.11. The fourth-order valence-corrected chi connectivity index (χ4v) is 3.86. The molecular weight excluding hydrogens is 238 g/mol. The highest BCUT2D eigenvalue weighted by Gasteiger charge is 2.54. The Balaban J connectivity index is 1.68. The Labute approximate surface area is 118 Å². The van der Waals surface area contributed by atoms with Crippen LogP contribution in [0.2, 0.25) is 0 Å². The average molecular weight is 269 g/mol. The SMILES string of the molecule is CCCCOCCOC1CC(NC)C12CCCCC2. The minimum absolute atomic E-state index is 0.441. The summed E-state index contributed by atoms with van der Waals surface area (Å²) in [7, 11) is 2.10. The van der Waals surface area contributed by atoms with Crippen molar-refractivity contribution in [2.45, 2.75) is 70.4 Å². The van der Waals surface area contributed by atoms with Crippen LogP contribution in [-0.4, -0.2) is 39.0 Å². The minimum Gasteiger partial charge on any atom is -0.379 e. The first-order valence-corrected chi connectivity index (χ1v) is 8.20. The molecule has 19 heavy (non-hydrogen) atoms. The van der Waals surface area contributed by atoms with E-state index < -0.39 is 0 Å². The van der Waals surface area contributed by atoms with Crippen LogP contribution in [0, 0.1) is 5.41 Å². The number of unbranched alkanes of at least 4 members (excludes halogenated alkanes) is 1. The van der Waals surface area contributed by atoms with Gasteiger partial charge in [0.05, 0.1) is 19.3 Å². The van der Waals surface area contributed by atoms with Gasteiger partial charge in [0.2, 0.25) is 0 Å². The molecule has 0 amide bonds. The summed E-state index contributed by atoms with van der Waals surface area (Å²) >= 11 is 0. The Kier molecular flexibility index (Phi) is 6.11. The molecule has 0 bridgehead atoms. The van der Waals surface area contributed by atoms with Crippen LogP contribution in [0.1, 0.15) is 58.3 Å². The Morgan fingerprint density at radius 3 is 2.58 bits per heavy atom. The third-order valence-electron chi connectivity index (χ3n) is 5.11. The molecule has 2 rings (SSSR count). The molecule has 2 atom stereocenters. The van der Waals surface area contributed by atoms with Gasteiger partial charge in [-0.05, 0) is 32.7 Å². The molecule has 0 aromatic rings. The van der Waals surface area contributed by atoms with Crippen molar-refractivity contribution in [2.75, 3.05) is 26.9 Å². The number of hydrogen-bond acceptors (Lipinski definition) is 3. The van der Waals surface area contributed by atoms with Crippen molar-refractivity contribution >= 4 is 0 Å². The first kappa shape index (κ1) is 15.3. The lowest BCUT2D eigenvalue weighted by atomic mass is 9.55. The van der Waals surface area contributed by atoms with E-state index in [-0.39, 0.29) is 0 Å². The van der Waals surface area contributed by atoms with Crippen LogP contribution in [0.15, 0.2) is 0 Å². The van der Waals surface area contributed by atoms with Crippen molar-refractivity contribution in [3.8, 4) is 0 Å². The predicted octanol–water partition coefficient (Wildman–Crippen LogP) is 3.13. The molecular formula is C16H31NO2. The van der Waals surface area contributed by atoms with E-state index in [2.05, 4.69) is 19.3 Å². The normalized spacial score (nSPS) is 29.4. The maximum Gasteiger partial charge on any atom is 0.0704 e. The molecule has 2 unspecified atom stereocenters. The molecule has 112 valence electrons. The summed E-state index contributed by atoms with van der Waals surface area (Å²) in [4.78, 5) is 0. The highest BCUT2D eigenvalue weighted by Crippen LogP contribution is 2.53. The van der Waals surface area contributed by atoms with E-state index in [0.717, 1.165) is 26.2 Å². The quantitative estimate of drug-likeness (QED) is 0.687. The minimum atomic E-state index is 0.441. The van der Waals surface area contributed by atoms with Crippen molar-refractivity contribution in [1.29, 1.82) is 0 Å². The Morgan fingerprint density at radius 2 is 1.89 bits per heavy atom. The predicted molar refractivity (Wildman–Crippen MR) is 78.4 cm³/mol. The van der Waals surface area contributed by atoms with Gasteiger partial charge in [0, 0.05) is 18.1 Å². The molecule has 0 aromatic heterocycles. The van der Waals surface area contributed by atoms with Gasteiger partial charge in [-0.3, -0.25) is 0 Å². The van der Waals surface area contributed by atoms with Crippen molar-refractivity contribution in [2.24, 2.45) is 5.41 Å². The molecule has 2 saturated carbocycles. The van der Waals surface area contributed by atoms with Gasteiger partial charge >= 0.3 is 0 Å². The lowest BCUT2D eigenvalue weighted by Crippen LogP contribution is -2.63. The summed E-state index contributed by atoms with van der Waals surface area (Å²) < 4.78 is 11.7. The molecule has 3 heteroatoms. The summed E-state index contributed by atoms with van der Waals surface area (Å²) in [6, 6.07) is 0.679. The van der Waals surface area contributed by atoms with Gasteiger partial charge in [-0.15, -0.1) is 0 Å². The lowest BCUT2D eigenvalue weighted by Gasteiger charge is -2.57. The molecule has 0 heterocycles. The zero-order valence-corrected chi connectivity index (χ0v) is 12.7. The second-order valence-corrected chi connectivity index (χ2v) is 6.20. The maximum atomic E-state index is 6.12. The Bertz CT molecular complexity index is 251. The van der Waals surface area contributed by atoms with Gasteiger partial charge in [-0.1, -0.05) is 32.6 Å². The zero-order valence-electron chi connectivity index (χ0n) is 12.7. The lowest BCUT2D eigenvalue weighted by molar-refractivity contribution is -0.157. The van der Waals surface area contributed by atoms with Gasteiger partial charge in [0.25, 0.3) is 0 Å². The van der Waals surface area contributed by atoms with Crippen LogP contribution in [0.5, 0.6) is 0 Å². The number of hydrogen-bond donors (Lipinski definition) is 1. The fourth-order valence-electron chi connectivity index (χ4n) is 3.86. The molecule has 2 fully saturated rings. The van der Waals surface area contributed by atoms with Crippen LogP contribution >= 0.6 is 0 Å². The monoisotopic (exact) mass is 269 g/mol. The van der Waals surface area contributed by atoms with Crippen molar-refractivity contribution in [3.63, 3.8) is 0 Å². The molecule has 0 saturated heterocycles. The van der Waals surface area contributed by atoms with Gasteiger partial charge in [0.1, 0.15) is 0 Å². The number of ether oxygens (including phenoxy) is 2. The highest BCUT2D eigenvalue weighted by atomic mass is 16.5. The fraction of sp³-hybridized carbons (Fsp3) is 1.00. The molecule has 0 aliphatic heterocycles. The average Bonchev–Trinajstić information content (AvgIpc) is 2.46. The van der Waals surface area contributed by atoms with Gasteiger partial charge < -0.3 is 14.8 Å². The summed E-state index contributed by atoms with van der Waals surface area (Å²) in [5, 5.41) is 3.50. The maximum absolute atomic E-state index is 6.12. The zero-order chi connectivity index (χ0) is 13.6. The van der Waals surface area contributed by atoms with Gasteiger partial charge in [-0.2, -0.15) is 0 Å². The third kappa shape index (κ3) is 3.50. The van der Waals surface area contributed by atoms with Crippen molar-refractivity contribution in [1.82, 2.24) is 5.32 Å².